The Balaban J connectivity index is 1.54. The van der Waals surface area contributed by atoms with Gasteiger partial charge in [-0.3, -0.25) is 9.78 Å². The molecule has 0 aliphatic heterocycles. The van der Waals surface area contributed by atoms with Gasteiger partial charge in [-0.05, 0) is 29.8 Å². The van der Waals surface area contributed by atoms with Crippen molar-refractivity contribution in [1.82, 2.24) is 25.3 Å². The van der Waals surface area contributed by atoms with E-state index in [1.807, 2.05) is 0 Å². The first kappa shape index (κ1) is 17.6. The normalized spacial score (nSPS) is 11.3. The molecule has 1 aromatic carbocycles. The molecule has 9 heteroatoms. The third kappa shape index (κ3) is 4.44. The maximum absolute atomic E-state index is 12.5. The number of hydrogen-bond acceptors (Lipinski definition) is 4. The lowest BCUT2D eigenvalue weighted by Gasteiger charge is -2.07. The van der Waals surface area contributed by atoms with Crippen LogP contribution < -0.4 is 5.32 Å². The van der Waals surface area contributed by atoms with E-state index in [-0.39, 0.29) is 18.9 Å². The monoisotopic (exact) mass is 361 g/mol. The molecule has 0 spiro atoms. The number of amides is 1. The summed E-state index contributed by atoms with van der Waals surface area (Å²) in [6, 6.07) is 8.04. The second-order valence-corrected chi connectivity index (χ2v) is 5.51. The molecule has 0 unspecified atom stereocenters. The zero-order valence-electron chi connectivity index (χ0n) is 13.4. The number of hydrogen-bond donors (Lipinski definition) is 1. The Morgan fingerprint density at radius 1 is 1.08 bits per heavy atom. The van der Waals surface area contributed by atoms with Gasteiger partial charge in [-0.1, -0.05) is 17.3 Å². The summed E-state index contributed by atoms with van der Waals surface area (Å²) in [5.41, 5.74) is 1.10. The molecule has 1 amide bonds. The van der Waals surface area contributed by atoms with Crippen molar-refractivity contribution in [3.63, 3.8) is 0 Å². The van der Waals surface area contributed by atoms with E-state index in [1.165, 1.54) is 12.1 Å². The van der Waals surface area contributed by atoms with E-state index >= 15 is 0 Å². The van der Waals surface area contributed by atoms with Crippen LogP contribution in [0.3, 0.4) is 0 Å². The minimum absolute atomic E-state index is 0.0172. The Morgan fingerprint density at radius 3 is 2.42 bits per heavy atom. The van der Waals surface area contributed by atoms with Crippen LogP contribution in [0.1, 0.15) is 16.8 Å². The number of benzene rings is 1. The van der Waals surface area contributed by atoms with Crippen LogP contribution in [0.25, 0.3) is 5.69 Å². The predicted octanol–water partition coefficient (Wildman–Crippen LogP) is 2.54. The molecule has 0 radical (unpaired) electrons. The molecule has 26 heavy (non-hydrogen) atoms. The highest BCUT2D eigenvalue weighted by Crippen LogP contribution is 2.29. The van der Waals surface area contributed by atoms with Crippen molar-refractivity contribution in [3.8, 4) is 5.69 Å². The van der Waals surface area contributed by atoms with E-state index in [0.29, 0.717) is 11.3 Å². The Labute approximate surface area is 146 Å². The zero-order valence-corrected chi connectivity index (χ0v) is 13.4. The van der Waals surface area contributed by atoms with Gasteiger partial charge in [0, 0.05) is 12.4 Å². The maximum atomic E-state index is 12.5. The Hall–Kier alpha value is -3.23. The number of halogens is 3. The molecule has 134 valence electrons. The standard InChI is InChI=1S/C17H14F3N5O/c18-17(19,20)13-3-1-12(2-4-13)9-16(26)22-10-14-11-25(24-23-14)15-5-7-21-8-6-15/h1-8,11H,9-10H2,(H,22,26). The lowest BCUT2D eigenvalue weighted by Crippen LogP contribution is -2.24. The summed E-state index contributed by atoms with van der Waals surface area (Å²) in [5, 5.41) is 10.6. The smallest absolute Gasteiger partial charge is 0.350 e. The molecule has 0 saturated carbocycles. The summed E-state index contributed by atoms with van der Waals surface area (Å²) in [6.45, 7) is 0.171. The maximum Gasteiger partial charge on any atom is 0.416 e. The van der Waals surface area contributed by atoms with E-state index in [2.05, 4.69) is 20.6 Å². The number of carbonyl (C=O) groups is 1. The summed E-state index contributed by atoms with van der Waals surface area (Å²) in [4.78, 5) is 15.9. The molecule has 0 aliphatic carbocycles. The number of rotatable bonds is 5. The van der Waals surface area contributed by atoms with Crippen LogP contribution in [0.5, 0.6) is 0 Å². The van der Waals surface area contributed by atoms with E-state index in [4.69, 9.17) is 0 Å². The molecule has 1 N–H and O–H groups in total. The third-order valence-corrected chi connectivity index (χ3v) is 3.58. The molecular weight excluding hydrogens is 347 g/mol. The average molecular weight is 361 g/mol. The second kappa shape index (κ2) is 7.34. The summed E-state index contributed by atoms with van der Waals surface area (Å²) in [6.07, 6.45) is 0.525. The summed E-state index contributed by atoms with van der Waals surface area (Å²) in [5.74, 6) is -0.316. The van der Waals surface area contributed by atoms with Crippen molar-refractivity contribution in [1.29, 1.82) is 0 Å². The van der Waals surface area contributed by atoms with Crippen molar-refractivity contribution in [2.24, 2.45) is 0 Å². The molecule has 0 fully saturated rings. The van der Waals surface area contributed by atoms with E-state index < -0.39 is 11.7 Å². The highest BCUT2D eigenvalue weighted by atomic mass is 19.4. The number of alkyl halides is 3. The Kier molecular flexibility index (Phi) is 4.97. The van der Waals surface area contributed by atoms with Gasteiger partial charge >= 0.3 is 6.18 Å². The zero-order chi connectivity index (χ0) is 18.6. The quantitative estimate of drug-likeness (QED) is 0.758. The van der Waals surface area contributed by atoms with Crippen LogP contribution in [-0.4, -0.2) is 25.9 Å². The molecule has 3 rings (SSSR count). The van der Waals surface area contributed by atoms with Gasteiger partial charge in [-0.25, -0.2) is 4.68 Å². The van der Waals surface area contributed by atoms with E-state index in [1.54, 1.807) is 35.4 Å². The van der Waals surface area contributed by atoms with Crippen LogP contribution in [0.2, 0.25) is 0 Å². The van der Waals surface area contributed by atoms with Crippen molar-refractivity contribution in [2.45, 2.75) is 19.1 Å². The fraction of sp³-hybridized carbons (Fsp3) is 0.176. The number of aromatic nitrogens is 4. The number of nitrogens with one attached hydrogen (secondary N) is 1. The van der Waals surface area contributed by atoms with Crippen LogP contribution in [0.15, 0.2) is 55.0 Å². The molecule has 2 aromatic heterocycles. The highest BCUT2D eigenvalue weighted by molar-refractivity contribution is 5.78. The highest BCUT2D eigenvalue weighted by Gasteiger charge is 2.29. The van der Waals surface area contributed by atoms with Crippen LogP contribution in [-0.2, 0) is 23.9 Å². The largest absolute Gasteiger partial charge is 0.416 e. The fourth-order valence-corrected chi connectivity index (χ4v) is 2.25. The molecule has 0 atom stereocenters. The molecule has 0 saturated heterocycles. The van der Waals surface area contributed by atoms with Crippen molar-refractivity contribution in [3.05, 3.63) is 71.8 Å². The minimum Gasteiger partial charge on any atom is -0.350 e. The van der Waals surface area contributed by atoms with Gasteiger partial charge in [0.15, 0.2) is 0 Å². The molecule has 2 heterocycles. The predicted molar refractivity (Wildman–Crippen MR) is 86.1 cm³/mol. The van der Waals surface area contributed by atoms with Gasteiger partial charge in [0.25, 0.3) is 0 Å². The summed E-state index contributed by atoms with van der Waals surface area (Å²) < 4.78 is 39.1. The molecular formula is C17H14F3N5O. The first-order valence-electron chi connectivity index (χ1n) is 7.66. The van der Waals surface area contributed by atoms with Crippen molar-refractivity contribution < 1.29 is 18.0 Å². The van der Waals surface area contributed by atoms with Gasteiger partial charge in [0.1, 0.15) is 5.69 Å². The summed E-state index contributed by atoms with van der Waals surface area (Å²) >= 11 is 0. The first-order valence-corrected chi connectivity index (χ1v) is 7.66. The van der Waals surface area contributed by atoms with Crippen LogP contribution in [0.4, 0.5) is 13.2 Å². The number of nitrogens with zero attached hydrogens (tertiary/aromatic N) is 4. The van der Waals surface area contributed by atoms with E-state index in [9.17, 15) is 18.0 Å². The van der Waals surface area contributed by atoms with Gasteiger partial charge in [0.2, 0.25) is 5.91 Å². The fourth-order valence-electron chi connectivity index (χ4n) is 2.25. The van der Waals surface area contributed by atoms with Crippen molar-refractivity contribution in [2.75, 3.05) is 0 Å². The topological polar surface area (TPSA) is 72.7 Å². The van der Waals surface area contributed by atoms with E-state index in [0.717, 1.165) is 17.8 Å². The molecule has 0 bridgehead atoms. The van der Waals surface area contributed by atoms with Gasteiger partial charge in [-0.15, -0.1) is 5.10 Å². The number of carbonyl (C=O) groups excluding carboxylic acids is 1. The average Bonchev–Trinajstić information content (AvgIpc) is 3.09. The lowest BCUT2D eigenvalue weighted by atomic mass is 10.1. The molecule has 3 aromatic rings. The number of pyridine rings is 1. The third-order valence-electron chi connectivity index (χ3n) is 3.58. The molecule has 6 nitrogen and oxygen atoms in total. The molecule has 0 aliphatic rings. The van der Waals surface area contributed by atoms with Gasteiger partial charge in [-0.2, -0.15) is 13.2 Å². The van der Waals surface area contributed by atoms with Crippen molar-refractivity contribution >= 4 is 5.91 Å². The van der Waals surface area contributed by atoms with Crippen LogP contribution >= 0.6 is 0 Å². The minimum atomic E-state index is -4.39. The SMILES string of the molecule is O=C(Cc1ccc(C(F)(F)F)cc1)NCc1cn(-c2ccncc2)nn1. The van der Waals surface area contributed by atoms with Crippen LogP contribution in [0, 0.1) is 0 Å². The van der Waals surface area contributed by atoms with Gasteiger partial charge < -0.3 is 5.32 Å². The second-order valence-electron chi connectivity index (χ2n) is 5.51. The Morgan fingerprint density at radius 2 is 1.77 bits per heavy atom. The summed E-state index contributed by atoms with van der Waals surface area (Å²) in [7, 11) is 0. The Bertz CT molecular complexity index is 875. The lowest BCUT2D eigenvalue weighted by molar-refractivity contribution is -0.137. The van der Waals surface area contributed by atoms with Gasteiger partial charge in [0.05, 0.1) is 30.4 Å². The first-order chi connectivity index (χ1) is 12.4.